The molecule has 0 bridgehead atoms. The third kappa shape index (κ3) is 2.98. The number of hydrogen-bond acceptors (Lipinski definition) is 5. The first-order chi connectivity index (χ1) is 9.65. The SMILES string of the molecule is CCCOc1nc(NC)nc(-c2cccc(F)c2F)n1. The molecule has 2 rings (SSSR count). The summed E-state index contributed by atoms with van der Waals surface area (Å²) in [6, 6.07) is 3.90. The van der Waals surface area contributed by atoms with Crippen LogP contribution in [0.3, 0.4) is 0 Å². The Kier molecular flexibility index (Phi) is 4.39. The average Bonchev–Trinajstić information content (AvgIpc) is 2.47. The first-order valence-electron chi connectivity index (χ1n) is 6.16. The van der Waals surface area contributed by atoms with E-state index in [0.29, 0.717) is 6.61 Å². The zero-order chi connectivity index (χ0) is 14.5. The minimum atomic E-state index is -0.998. The summed E-state index contributed by atoms with van der Waals surface area (Å²) in [6.45, 7) is 2.37. The summed E-state index contributed by atoms with van der Waals surface area (Å²) in [4.78, 5) is 12.0. The maximum absolute atomic E-state index is 13.8. The van der Waals surface area contributed by atoms with Gasteiger partial charge >= 0.3 is 6.01 Å². The lowest BCUT2D eigenvalue weighted by Gasteiger charge is -2.08. The van der Waals surface area contributed by atoms with Crippen LogP contribution in [0, 0.1) is 11.6 Å². The Morgan fingerprint density at radius 1 is 1.20 bits per heavy atom. The molecule has 0 unspecified atom stereocenters. The zero-order valence-electron chi connectivity index (χ0n) is 11.2. The van der Waals surface area contributed by atoms with Gasteiger partial charge in [-0.05, 0) is 18.6 Å². The average molecular weight is 280 g/mol. The molecule has 0 aliphatic heterocycles. The second-order valence-electron chi connectivity index (χ2n) is 3.97. The molecule has 0 amide bonds. The molecule has 106 valence electrons. The maximum Gasteiger partial charge on any atom is 0.321 e. The first-order valence-corrected chi connectivity index (χ1v) is 6.16. The molecule has 5 nitrogen and oxygen atoms in total. The fourth-order valence-corrected chi connectivity index (χ4v) is 1.52. The molecule has 0 radical (unpaired) electrons. The molecule has 1 N–H and O–H groups in total. The number of aromatic nitrogens is 3. The molecular formula is C13H14F2N4O. The molecule has 0 aliphatic rings. The van der Waals surface area contributed by atoms with Gasteiger partial charge in [-0.3, -0.25) is 0 Å². The number of anilines is 1. The normalized spacial score (nSPS) is 10.4. The first kappa shape index (κ1) is 14.1. The van der Waals surface area contributed by atoms with E-state index in [9.17, 15) is 8.78 Å². The van der Waals surface area contributed by atoms with Gasteiger partial charge in [0.25, 0.3) is 0 Å². The van der Waals surface area contributed by atoms with E-state index in [-0.39, 0.29) is 23.3 Å². The van der Waals surface area contributed by atoms with Crippen LogP contribution in [-0.2, 0) is 0 Å². The lowest BCUT2D eigenvalue weighted by molar-refractivity contribution is 0.292. The van der Waals surface area contributed by atoms with E-state index in [4.69, 9.17) is 4.74 Å². The number of nitrogens with zero attached hydrogens (tertiary/aromatic N) is 3. The van der Waals surface area contributed by atoms with Crippen molar-refractivity contribution in [3.63, 3.8) is 0 Å². The Labute approximate surface area is 115 Å². The predicted octanol–water partition coefficient (Wildman–Crippen LogP) is 2.65. The highest BCUT2D eigenvalue weighted by Crippen LogP contribution is 2.23. The Morgan fingerprint density at radius 3 is 2.70 bits per heavy atom. The van der Waals surface area contributed by atoms with Gasteiger partial charge in [0.2, 0.25) is 5.95 Å². The van der Waals surface area contributed by atoms with Gasteiger partial charge in [0, 0.05) is 7.05 Å². The van der Waals surface area contributed by atoms with E-state index in [1.165, 1.54) is 12.1 Å². The van der Waals surface area contributed by atoms with Crippen molar-refractivity contribution in [1.29, 1.82) is 0 Å². The minimum Gasteiger partial charge on any atom is -0.463 e. The van der Waals surface area contributed by atoms with Crippen LogP contribution in [0.4, 0.5) is 14.7 Å². The summed E-state index contributed by atoms with van der Waals surface area (Å²) < 4.78 is 32.3. The number of nitrogens with one attached hydrogen (secondary N) is 1. The van der Waals surface area contributed by atoms with Crippen LogP contribution in [0.25, 0.3) is 11.4 Å². The highest BCUT2D eigenvalue weighted by molar-refractivity contribution is 5.57. The van der Waals surface area contributed by atoms with E-state index in [1.807, 2.05) is 6.92 Å². The van der Waals surface area contributed by atoms with Gasteiger partial charge in [-0.2, -0.15) is 15.0 Å². The number of hydrogen-bond donors (Lipinski definition) is 1. The quantitative estimate of drug-likeness (QED) is 0.912. The number of halogens is 2. The van der Waals surface area contributed by atoms with Crippen molar-refractivity contribution in [3.8, 4) is 17.4 Å². The molecule has 1 aromatic carbocycles. The minimum absolute atomic E-state index is 0.0208. The molecular weight excluding hydrogens is 266 g/mol. The number of rotatable bonds is 5. The van der Waals surface area contributed by atoms with E-state index in [2.05, 4.69) is 20.3 Å². The fourth-order valence-electron chi connectivity index (χ4n) is 1.52. The third-order valence-electron chi connectivity index (χ3n) is 2.47. The maximum atomic E-state index is 13.8. The number of benzene rings is 1. The monoisotopic (exact) mass is 280 g/mol. The summed E-state index contributed by atoms with van der Waals surface area (Å²) in [5, 5.41) is 2.73. The van der Waals surface area contributed by atoms with Crippen molar-refractivity contribution in [2.24, 2.45) is 0 Å². The van der Waals surface area contributed by atoms with Gasteiger partial charge < -0.3 is 10.1 Å². The summed E-state index contributed by atoms with van der Waals surface area (Å²) in [7, 11) is 1.62. The van der Waals surface area contributed by atoms with Crippen LogP contribution in [-0.4, -0.2) is 28.6 Å². The van der Waals surface area contributed by atoms with Crippen LogP contribution in [0.1, 0.15) is 13.3 Å². The summed E-state index contributed by atoms with van der Waals surface area (Å²) >= 11 is 0. The van der Waals surface area contributed by atoms with Gasteiger partial charge in [0.05, 0.1) is 12.2 Å². The summed E-state index contributed by atoms with van der Waals surface area (Å²) in [6.07, 6.45) is 0.782. The zero-order valence-corrected chi connectivity index (χ0v) is 11.2. The van der Waals surface area contributed by atoms with Crippen molar-refractivity contribution >= 4 is 5.95 Å². The molecule has 0 aliphatic carbocycles. The molecule has 7 heteroatoms. The van der Waals surface area contributed by atoms with Gasteiger partial charge in [0.15, 0.2) is 17.5 Å². The highest BCUT2D eigenvalue weighted by Gasteiger charge is 2.15. The molecule has 0 saturated heterocycles. The highest BCUT2D eigenvalue weighted by atomic mass is 19.2. The van der Waals surface area contributed by atoms with E-state index in [0.717, 1.165) is 12.5 Å². The van der Waals surface area contributed by atoms with E-state index >= 15 is 0 Å². The Bertz CT molecular complexity index is 607. The van der Waals surface area contributed by atoms with Crippen LogP contribution >= 0.6 is 0 Å². The lowest BCUT2D eigenvalue weighted by Crippen LogP contribution is -2.06. The van der Waals surface area contributed by atoms with Gasteiger partial charge in [-0.15, -0.1) is 0 Å². The Morgan fingerprint density at radius 2 is 2.00 bits per heavy atom. The molecule has 20 heavy (non-hydrogen) atoms. The second kappa shape index (κ2) is 6.23. The molecule has 0 atom stereocenters. The predicted molar refractivity (Wildman–Crippen MR) is 70.5 cm³/mol. The molecule has 1 heterocycles. The standard InChI is InChI=1S/C13H14F2N4O/c1-3-7-20-13-18-11(17-12(16-2)19-13)8-5-4-6-9(14)10(8)15/h4-6H,3,7H2,1-2H3,(H,16,17,18,19). The largest absolute Gasteiger partial charge is 0.463 e. The molecule has 0 fully saturated rings. The van der Waals surface area contributed by atoms with Crippen LogP contribution in [0.2, 0.25) is 0 Å². The molecule has 0 saturated carbocycles. The second-order valence-corrected chi connectivity index (χ2v) is 3.97. The topological polar surface area (TPSA) is 59.9 Å². The fraction of sp³-hybridized carbons (Fsp3) is 0.308. The van der Waals surface area contributed by atoms with Crippen LogP contribution in [0.5, 0.6) is 6.01 Å². The van der Waals surface area contributed by atoms with Crippen LogP contribution in [0.15, 0.2) is 18.2 Å². The lowest BCUT2D eigenvalue weighted by atomic mass is 10.2. The molecule has 2 aromatic rings. The smallest absolute Gasteiger partial charge is 0.321 e. The van der Waals surface area contributed by atoms with Gasteiger partial charge in [-0.1, -0.05) is 13.0 Å². The number of ether oxygens (including phenoxy) is 1. The van der Waals surface area contributed by atoms with Crippen LogP contribution < -0.4 is 10.1 Å². The van der Waals surface area contributed by atoms with Gasteiger partial charge in [0.1, 0.15) is 0 Å². The Balaban J connectivity index is 2.47. The van der Waals surface area contributed by atoms with Crippen molar-refractivity contribution in [3.05, 3.63) is 29.8 Å². The molecule has 0 spiro atoms. The van der Waals surface area contributed by atoms with E-state index < -0.39 is 11.6 Å². The third-order valence-corrected chi connectivity index (χ3v) is 2.47. The van der Waals surface area contributed by atoms with Gasteiger partial charge in [-0.25, -0.2) is 8.78 Å². The molecule has 1 aromatic heterocycles. The summed E-state index contributed by atoms with van der Waals surface area (Å²) in [5.41, 5.74) is -0.0368. The van der Waals surface area contributed by atoms with Crippen molar-refractivity contribution in [2.75, 3.05) is 19.0 Å². The Hall–Kier alpha value is -2.31. The van der Waals surface area contributed by atoms with Crippen molar-refractivity contribution in [2.45, 2.75) is 13.3 Å². The van der Waals surface area contributed by atoms with Crippen molar-refractivity contribution < 1.29 is 13.5 Å². The summed E-state index contributed by atoms with van der Waals surface area (Å²) in [5.74, 6) is -1.70. The van der Waals surface area contributed by atoms with Crippen molar-refractivity contribution in [1.82, 2.24) is 15.0 Å². The van der Waals surface area contributed by atoms with E-state index in [1.54, 1.807) is 7.05 Å².